The molecule has 0 radical (unpaired) electrons. The van der Waals surface area contributed by atoms with Gasteiger partial charge in [0.25, 0.3) is 0 Å². The van der Waals surface area contributed by atoms with Crippen LogP contribution < -0.4 is 5.32 Å². The van der Waals surface area contributed by atoms with Gasteiger partial charge in [0.15, 0.2) is 0 Å². The van der Waals surface area contributed by atoms with Crippen molar-refractivity contribution in [3.8, 4) is 0 Å². The number of benzene rings is 2. The van der Waals surface area contributed by atoms with Crippen LogP contribution in [0.15, 0.2) is 46.9 Å². The first-order chi connectivity index (χ1) is 10.3. The number of rotatable bonds is 4. The van der Waals surface area contributed by atoms with E-state index >= 15 is 0 Å². The van der Waals surface area contributed by atoms with E-state index in [0.717, 1.165) is 30.5 Å². The predicted octanol–water partition coefficient (Wildman–Crippen LogP) is 4.74. The summed E-state index contributed by atoms with van der Waals surface area (Å²) in [6.45, 7) is 3.80. The molecule has 3 rings (SSSR count). The molecule has 2 aromatic carbocycles. The van der Waals surface area contributed by atoms with Crippen molar-refractivity contribution < 1.29 is 4.74 Å². The summed E-state index contributed by atoms with van der Waals surface area (Å²) in [6, 6.07) is 15.0. The van der Waals surface area contributed by atoms with Gasteiger partial charge in [-0.1, -0.05) is 47.1 Å². The number of halogens is 1. The van der Waals surface area contributed by atoms with Crippen LogP contribution in [0.4, 0.5) is 5.69 Å². The maximum Gasteiger partial charge on any atom is 0.0999 e. The Morgan fingerprint density at radius 3 is 2.95 bits per heavy atom. The van der Waals surface area contributed by atoms with E-state index < -0.39 is 0 Å². The highest BCUT2D eigenvalue weighted by Gasteiger charge is 2.20. The third kappa shape index (κ3) is 3.30. The van der Waals surface area contributed by atoms with Crippen LogP contribution in [0.25, 0.3) is 0 Å². The van der Waals surface area contributed by atoms with E-state index in [1.165, 1.54) is 22.4 Å². The van der Waals surface area contributed by atoms with Crippen molar-refractivity contribution in [2.24, 2.45) is 0 Å². The number of aryl methyl sites for hydroxylation is 1. The zero-order valence-electron chi connectivity index (χ0n) is 12.2. The van der Waals surface area contributed by atoms with Crippen molar-refractivity contribution in [3.63, 3.8) is 0 Å². The summed E-state index contributed by atoms with van der Waals surface area (Å²) in [5.74, 6) is 0. The van der Waals surface area contributed by atoms with E-state index in [9.17, 15) is 0 Å². The van der Waals surface area contributed by atoms with Crippen molar-refractivity contribution in [2.45, 2.75) is 25.9 Å². The third-order valence-electron chi connectivity index (χ3n) is 4.02. The molecule has 0 saturated carbocycles. The minimum Gasteiger partial charge on any atom is -0.382 e. The molecule has 1 aliphatic rings. The Balaban J connectivity index is 1.74. The van der Waals surface area contributed by atoms with Crippen LogP contribution in [0.3, 0.4) is 0 Å². The Hall–Kier alpha value is -1.32. The number of anilines is 1. The quantitative estimate of drug-likeness (QED) is 0.864. The summed E-state index contributed by atoms with van der Waals surface area (Å²) >= 11 is 3.53. The van der Waals surface area contributed by atoms with Gasteiger partial charge in [0.05, 0.1) is 12.7 Å². The van der Waals surface area contributed by atoms with Crippen LogP contribution in [-0.4, -0.2) is 13.2 Å². The lowest BCUT2D eigenvalue weighted by molar-refractivity contribution is 0.0513. The fourth-order valence-electron chi connectivity index (χ4n) is 2.88. The fourth-order valence-corrected chi connectivity index (χ4v) is 3.28. The second-order valence-electron chi connectivity index (χ2n) is 5.34. The van der Waals surface area contributed by atoms with Gasteiger partial charge in [-0.25, -0.2) is 0 Å². The van der Waals surface area contributed by atoms with Crippen molar-refractivity contribution in [2.75, 3.05) is 18.5 Å². The summed E-state index contributed by atoms with van der Waals surface area (Å²) in [4.78, 5) is 0. The highest BCUT2D eigenvalue weighted by Crippen LogP contribution is 2.28. The van der Waals surface area contributed by atoms with E-state index in [-0.39, 0.29) is 6.10 Å². The number of hydrogen-bond donors (Lipinski definition) is 1. The molecular weight excluding hydrogens is 326 g/mol. The van der Waals surface area contributed by atoms with Gasteiger partial charge in [-0.05, 0) is 47.7 Å². The molecule has 0 amide bonds. The van der Waals surface area contributed by atoms with Gasteiger partial charge in [-0.2, -0.15) is 0 Å². The van der Waals surface area contributed by atoms with E-state index in [2.05, 4.69) is 70.6 Å². The van der Waals surface area contributed by atoms with E-state index in [4.69, 9.17) is 4.74 Å². The van der Waals surface area contributed by atoms with Crippen molar-refractivity contribution in [1.29, 1.82) is 0 Å². The summed E-state index contributed by atoms with van der Waals surface area (Å²) in [7, 11) is 0. The summed E-state index contributed by atoms with van der Waals surface area (Å²) in [6.07, 6.45) is 2.18. The maximum atomic E-state index is 5.95. The Morgan fingerprint density at radius 1 is 1.24 bits per heavy atom. The largest absolute Gasteiger partial charge is 0.382 e. The molecule has 1 N–H and O–H groups in total. The smallest absolute Gasteiger partial charge is 0.0999 e. The highest BCUT2D eigenvalue weighted by atomic mass is 79.9. The second-order valence-corrected chi connectivity index (χ2v) is 6.26. The van der Waals surface area contributed by atoms with Crippen LogP contribution in [0, 0.1) is 0 Å². The molecule has 1 unspecified atom stereocenters. The Morgan fingerprint density at radius 2 is 2.10 bits per heavy atom. The zero-order valence-corrected chi connectivity index (χ0v) is 13.8. The SMILES string of the molecule is CCc1cc(Br)ccc1NCC1OCCc2ccccc21. The molecule has 1 aliphatic heterocycles. The van der Waals surface area contributed by atoms with Crippen LogP contribution in [0.5, 0.6) is 0 Å². The number of nitrogens with one attached hydrogen (secondary N) is 1. The standard InChI is InChI=1S/C18H20BrNO/c1-2-13-11-15(19)7-8-17(13)20-12-18-16-6-4-3-5-14(16)9-10-21-18/h3-8,11,18,20H,2,9-10,12H2,1H3. The monoisotopic (exact) mass is 345 g/mol. The van der Waals surface area contributed by atoms with Crippen LogP contribution in [0.2, 0.25) is 0 Å². The maximum absolute atomic E-state index is 5.95. The molecule has 21 heavy (non-hydrogen) atoms. The molecule has 0 saturated heterocycles. The molecular formula is C18H20BrNO. The van der Waals surface area contributed by atoms with Gasteiger partial charge in [-0.3, -0.25) is 0 Å². The fraction of sp³-hybridized carbons (Fsp3) is 0.333. The summed E-state index contributed by atoms with van der Waals surface area (Å²) < 4.78 is 7.08. The molecule has 0 fully saturated rings. The van der Waals surface area contributed by atoms with Crippen molar-refractivity contribution >= 4 is 21.6 Å². The first kappa shape index (κ1) is 14.6. The first-order valence-corrected chi connectivity index (χ1v) is 8.29. The molecule has 0 spiro atoms. The summed E-state index contributed by atoms with van der Waals surface area (Å²) in [5.41, 5.74) is 5.27. The summed E-state index contributed by atoms with van der Waals surface area (Å²) in [5, 5.41) is 3.56. The minimum atomic E-state index is 0.142. The van der Waals surface area contributed by atoms with Gasteiger partial charge in [0.1, 0.15) is 0 Å². The molecule has 2 nitrogen and oxygen atoms in total. The molecule has 110 valence electrons. The molecule has 1 atom stereocenters. The Bertz CT molecular complexity index is 626. The Kier molecular flexibility index (Phi) is 4.61. The van der Waals surface area contributed by atoms with Gasteiger partial charge in [-0.15, -0.1) is 0 Å². The van der Waals surface area contributed by atoms with Crippen molar-refractivity contribution in [3.05, 3.63) is 63.6 Å². The highest BCUT2D eigenvalue weighted by molar-refractivity contribution is 9.10. The van der Waals surface area contributed by atoms with E-state index in [1.807, 2.05) is 0 Å². The average Bonchev–Trinajstić information content (AvgIpc) is 2.53. The topological polar surface area (TPSA) is 21.3 Å². The molecule has 1 heterocycles. The lowest BCUT2D eigenvalue weighted by Crippen LogP contribution is -2.23. The predicted molar refractivity (Wildman–Crippen MR) is 90.8 cm³/mol. The molecule has 0 bridgehead atoms. The van der Waals surface area contributed by atoms with Crippen LogP contribution in [0.1, 0.15) is 29.7 Å². The van der Waals surface area contributed by atoms with E-state index in [0.29, 0.717) is 0 Å². The molecule has 2 aromatic rings. The Labute approximate surface area is 134 Å². The van der Waals surface area contributed by atoms with Gasteiger partial charge in [0, 0.05) is 16.7 Å². The van der Waals surface area contributed by atoms with Crippen LogP contribution >= 0.6 is 15.9 Å². The molecule has 0 aromatic heterocycles. The molecule has 0 aliphatic carbocycles. The lowest BCUT2D eigenvalue weighted by atomic mass is 9.97. The zero-order chi connectivity index (χ0) is 14.7. The minimum absolute atomic E-state index is 0.142. The lowest BCUT2D eigenvalue weighted by Gasteiger charge is -2.27. The second kappa shape index (κ2) is 6.63. The van der Waals surface area contributed by atoms with Gasteiger partial charge in [0.2, 0.25) is 0 Å². The first-order valence-electron chi connectivity index (χ1n) is 7.49. The number of hydrogen-bond acceptors (Lipinski definition) is 2. The van der Waals surface area contributed by atoms with Gasteiger partial charge < -0.3 is 10.1 Å². The number of fused-ring (bicyclic) bond motifs is 1. The third-order valence-corrected chi connectivity index (χ3v) is 4.51. The number of ether oxygens (including phenoxy) is 1. The molecule has 3 heteroatoms. The van der Waals surface area contributed by atoms with Crippen molar-refractivity contribution in [1.82, 2.24) is 0 Å². The van der Waals surface area contributed by atoms with Crippen LogP contribution in [-0.2, 0) is 17.6 Å². The van der Waals surface area contributed by atoms with E-state index in [1.54, 1.807) is 0 Å². The average molecular weight is 346 g/mol. The normalized spacial score (nSPS) is 17.3. The van der Waals surface area contributed by atoms with Gasteiger partial charge >= 0.3 is 0 Å².